The van der Waals surface area contributed by atoms with Gasteiger partial charge in [-0.1, -0.05) is 12.1 Å². The number of benzene rings is 1. The third-order valence-corrected chi connectivity index (χ3v) is 3.71. The molecule has 0 radical (unpaired) electrons. The van der Waals surface area contributed by atoms with Crippen molar-refractivity contribution in [2.75, 3.05) is 0 Å². The van der Waals surface area contributed by atoms with Crippen LogP contribution in [0, 0.1) is 0 Å². The van der Waals surface area contributed by atoms with E-state index in [0.717, 1.165) is 11.4 Å². The molecule has 0 bridgehead atoms. The summed E-state index contributed by atoms with van der Waals surface area (Å²) in [4.78, 5) is 4.32. The lowest BCUT2D eigenvalue weighted by molar-refractivity contribution is 0.597. The number of nitrogens with zero attached hydrogens (tertiary/aromatic N) is 2. The summed E-state index contributed by atoms with van der Waals surface area (Å²) in [5.41, 5.74) is 0.988. The van der Waals surface area contributed by atoms with Crippen LogP contribution in [0.1, 0.15) is 11.4 Å². The lowest BCUT2D eigenvalue weighted by Crippen LogP contribution is -2.16. The van der Waals surface area contributed by atoms with Gasteiger partial charge in [0.1, 0.15) is 5.82 Å². The summed E-state index contributed by atoms with van der Waals surface area (Å²) < 4.78 is 24.1. The number of nitrogens with one attached hydrogen (secondary N) is 1. The van der Waals surface area contributed by atoms with Gasteiger partial charge in [-0.25, -0.2) is 18.5 Å². The maximum absolute atomic E-state index is 11.1. The van der Waals surface area contributed by atoms with E-state index in [1.165, 1.54) is 12.1 Å². The van der Waals surface area contributed by atoms with Crippen LogP contribution in [0.2, 0.25) is 0 Å². The van der Waals surface area contributed by atoms with Crippen LogP contribution in [0.3, 0.4) is 0 Å². The minimum atomic E-state index is -3.61. The van der Waals surface area contributed by atoms with Gasteiger partial charge in [0, 0.05) is 26.0 Å². The first kappa shape index (κ1) is 13.7. The van der Waals surface area contributed by atoms with E-state index in [-0.39, 0.29) is 4.90 Å². The van der Waals surface area contributed by atoms with Gasteiger partial charge in [0.05, 0.1) is 11.4 Å². The number of primary sulfonamides is 1. The van der Waals surface area contributed by atoms with Crippen molar-refractivity contribution in [3.63, 3.8) is 0 Å². The molecule has 2 rings (SSSR count). The van der Waals surface area contributed by atoms with Gasteiger partial charge in [0.15, 0.2) is 0 Å². The lowest BCUT2D eigenvalue weighted by atomic mass is 10.2. The van der Waals surface area contributed by atoms with E-state index < -0.39 is 10.0 Å². The molecule has 0 aliphatic heterocycles. The Morgan fingerprint density at radius 2 is 1.95 bits per heavy atom. The SMILES string of the molecule is Cn1ccnc1CNCc1ccc(S(N)(=O)=O)cc1. The van der Waals surface area contributed by atoms with Crippen molar-refractivity contribution in [2.24, 2.45) is 12.2 Å². The molecule has 19 heavy (non-hydrogen) atoms. The van der Waals surface area contributed by atoms with E-state index in [1.54, 1.807) is 18.3 Å². The van der Waals surface area contributed by atoms with Crippen LogP contribution in [0.4, 0.5) is 0 Å². The van der Waals surface area contributed by atoms with Gasteiger partial charge in [0.2, 0.25) is 10.0 Å². The Balaban J connectivity index is 1.92. The van der Waals surface area contributed by atoms with Crippen LogP contribution >= 0.6 is 0 Å². The highest BCUT2D eigenvalue weighted by Crippen LogP contribution is 2.08. The molecule has 2 aromatic rings. The minimum Gasteiger partial charge on any atom is -0.337 e. The molecule has 1 aromatic carbocycles. The fourth-order valence-electron chi connectivity index (χ4n) is 1.68. The molecular formula is C12H16N4O2S. The minimum absolute atomic E-state index is 0.125. The van der Waals surface area contributed by atoms with Gasteiger partial charge < -0.3 is 9.88 Å². The van der Waals surface area contributed by atoms with Crippen LogP contribution < -0.4 is 10.5 Å². The van der Waals surface area contributed by atoms with Gasteiger partial charge in [-0.05, 0) is 17.7 Å². The highest BCUT2D eigenvalue weighted by Gasteiger charge is 2.06. The highest BCUT2D eigenvalue weighted by atomic mass is 32.2. The molecule has 0 unspecified atom stereocenters. The molecule has 0 atom stereocenters. The summed E-state index contributed by atoms with van der Waals surface area (Å²) in [6.45, 7) is 1.29. The molecule has 0 saturated heterocycles. The largest absolute Gasteiger partial charge is 0.337 e. The first-order valence-electron chi connectivity index (χ1n) is 5.75. The summed E-state index contributed by atoms with van der Waals surface area (Å²) in [6, 6.07) is 6.50. The molecule has 3 N–H and O–H groups in total. The fourth-order valence-corrected chi connectivity index (χ4v) is 2.20. The van der Waals surface area contributed by atoms with Crippen LogP contribution in [0.25, 0.3) is 0 Å². The van der Waals surface area contributed by atoms with E-state index in [1.807, 2.05) is 17.8 Å². The average Bonchev–Trinajstić information content (AvgIpc) is 2.75. The van der Waals surface area contributed by atoms with Crippen molar-refractivity contribution in [2.45, 2.75) is 18.0 Å². The predicted octanol–water partition coefficient (Wildman–Crippen LogP) is 0.357. The molecule has 1 heterocycles. The Morgan fingerprint density at radius 3 is 2.47 bits per heavy atom. The molecule has 0 spiro atoms. The third-order valence-electron chi connectivity index (χ3n) is 2.79. The van der Waals surface area contributed by atoms with Crippen LogP contribution in [0.5, 0.6) is 0 Å². The van der Waals surface area contributed by atoms with Gasteiger partial charge in [-0.2, -0.15) is 0 Å². The van der Waals surface area contributed by atoms with E-state index in [9.17, 15) is 8.42 Å². The number of aryl methyl sites for hydroxylation is 1. The molecule has 0 saturated carbocycles. The van der Waals surface area contributed by atoms with Crippen molar-refractivity contribution in [3.8, 4) is 0 Å². The third kappa shape index (κ3) is 3.63. The molecule has 0 amide bonds. The average molecular weight is 280 g/mol. The fraction of sp³-hybridized carbons (Fsp3) is 0.250. The number of hydrogen-bond acceptors (Lipinski definition) is 4. The number of sulfonamides is 1. The second-order valence-corrected chi connectivity index (χ2v) is 5.81. The summed E-state index contributed by atoms with van der Waals surface area (Å²) in [5, 5.41) is 8.27. The smallest absolute Gasteiger partial charge is 0.238 e. The molecule has 1 aromatic heterocycles. The molecule has 7 heteroatoms. The van der Waals surface area contributed by atoms with Crippen molar-refractivity contribution >= 4 is 10.0 Å². The summed E-state index contributed by atoms with van der Waals surface area (Å²) >= 11 is 0. The second-order valence-electron chi connectivity index (χ2n) is 4.25. The van der Waals surface area contributed by atoms with Crippen molar-refractivity contribution < 1.29 is 8.42 Å². The van der Waals surface area contributed by atoms with Gasteiger partial charge in [0.25, 0.3) is 0 Å². The maximum Gasteiger partial charge on any atom is 0.238 e. The van der Waals surface area contributed by atoms with E-state index in [2.05, 4.69) is 10.3 Å². The number of nitrogens with two attached hydrogens (primary N) is 1. The number of rotatable bonds is 5. The van der Waals surface area contributed by atoms with Crippen LogP contribution in [-0.2, 0) is 30.2 Å². The standard InChI is InChI=1S/C12H16N4O2S/c1-16-7-6-15-12(16)9-14-8-10-2-4-11(5-3-10)19(13,17)18/h2-7,14H,8-9H2,1H3,(H2,13,17,18). The molecular weight excluding hydrogens is 264 g/mol. The van der Waals surface area contributed by atoms with E-state index in [4.69, 9.17) is 5.14 Å². The van der Waals surface area contributed by atoms with Crippen molar-refractivity contribution in [3.05, 3.63) is 48.0 Å². The quantitative estimate of drug-likeness (QED) is 0.827. The summed E-state index contributed by atoms with van der Waals surface area (Å²) in [5.74, 6) is 0.946. The lowest BCUT2D eigenvalue weighted by Gasteiger charge is -2.06. The Morgan fingerprint density at radius 1 is 1.26 bits per heavy atom. The first-order valence-corrected chi connectivity index (χ1v) is 7.30. The Kier molecular flexibility index (Phi) is 3.98. The van der Waals surface area contributed by atoms with E-state index in [0.29, 0.717) is 13.1 Å². The highest BCUT2D eigenvalue weighted by molar-refractivity contribution is 7.89. The Hall–Kier alpha value is -1.70. The van der Waals surface area contributed by atoms with Crippen molar-refractivity contribution in [1.82, 2.24) is 14.9 Å². The molecule has 0 aliphatic rings. The predicted molar refractivity (Wildman–Crippen MR) is 71.6 cm³/mol. The second kappa shape index (κ2) is 5.52. The van der Waals surface area contributed by atoms with Crippen LogP contribution in [-0.4, -0.2) is 18.0 Å². The number of aromatic nitrogens is 2. The Labute approximate surface area is 112 Å². The van der Waals surface area contributed by atoms with E-state index >= 15 is 0 Å². The number of hydrogen-bond donors (Lipinski definition) is 2. The van der Waals surface area contributed by atoms with Gasteiger partial charge >= 0.3 is 0 Å². The summed E-state index contributed by atoms with van der Waals surface area (Å²) in [6.07, 6.45) is 3.63. The molecule has 0 fully saturated rings. The van der Waals surface area contributed by atoms with Gasteiger partial charge in [-0.3, -0.25) is 0 Å². The zero-order valence-corrected chi connectivity index (χ0v) is 11.4. The summed E-state index contributed by atoms with van der Waals surface area (Å²) in [7, 11) is -1.68. The molecule has 102 valence electrons. The molecule has 0 aliphatic carbocycles. The topological polar surface area (TPSA) is 90.0 Å². The van der Waals surface area contributed by atoms with Crippen molar-refractivity contribution in [1.29, 1.82) is 0 Å². The van der Waals surface area contributed by atoms with Crippen LogP contribution in [0.15, 0.2) is 41.6 Å². The zero-order valence-electron chi connectivity index (χ0n) is 10.6. The maximum atomic E-state index is 11.1. The first-order chi connectivity index (χ1) is 8.97. The normalized spacial score (nSPS) is 11.7. The van der Waals surface area contributed by atoms with Gasteiger partial charge in [-0.15, -0.1) is 0 Å². The number of imidazole rings is 1. The monoisotopic (exact) mass is 280 g/mol. The Bertz CT molecular complexity index is 647. The zero-order chi connectivity index (χ0) is 13.9. The molecule has 6 nitrogen and oxygen atoms in total.